The first-order valence-corrected chi connectivity index (χ1v) is 7.31. The standard InChI is InChI=1S/C17H21NO6/c1-9(19)16(10(2)20)17(18-11(3)21)13-6-7-14(24-12(4)22)15(8-13)23-5/h6-8,16-17H,1-5H3,(H,18,21)/t17-/m0/s1. The quantitative estimate of drug-likeness (QED) is 0.461. The van der Waals surface area contributed by atoms with Gasteiger partial charge in [0.25, 0.3) is 0 Å². The number of carbonyl (C=O) groups is 4. The molecule has 0 aromatic heterocycles. The van der Waals surface area contributed by atoms with E-state index in [4.69, 9.17) is 9.47 Å². The predicted octanol–water partition coefficient (Wildman–Crippen LogP) is 1.59. The Hall–Kier alpha value is -2.70. The Kier molecular flexibility index (Phi) is 6.64. The molecule has 0 bridgehead atoms. The number of ether oxygens (including phenoxy) is 2. The molecule has 24 heavy (non-hydrogen) atoms. The van der Waals surface area contributed by atoms with Crippen LogP contribution in [0.3, 0.4) is 0 Å². The van der Waals surface area contributed by atoms with Crippen LogP contribution in [-0.4, -0.2) is 30.6 Å². The number of ketones is 2. The Labute approximate surface area is 140 Å². The fourth-order valence-electron chi connectivity index (χ4n) is 2.45. The van der Waals surface area contributed by atoms with Crippen molar-refractivity contribution in [2.24, 2.45) is 5.92 Å². The molecule has 0 aliphatic heterocycles. The smallest absolute Gasteiger partial charge is 0.308 e. The highest BCUT2D eigenvalue weighted by atomic mass is 16.6. The third-order valence-corrected chi connectivity index (χ3v) is 3.37. The molecule has 1 aromatic carbocycles. The lowest BCUT2D eigenvalue weighted by molar-refractivity contribution is -0.133. The van der Waals surface area contributed by atoms with E-state index < -0.39 is 17.9 Å². The van der Waals surface area contributed by atoms with Crippen LogP contribution in [0.5, 0.6) is 11.5 Å². The fourth-order valence-corrected chi connectivity index (χ4v) is 2.45. The van der Waals surface area contributed by atoms with Gasteiger partial charge in [0.15, 0.2) is 11.5 Å². The van der Waals surface area contributed by atoms with Crippen molar-refractivity contribution in [3.05, 3.63) is 23.8 Å². The zero-order valence-electron chi connectivity index (χ0n) is 14.3. The second-order valence-electron chi connectivity index (χ2n) is 5.38. The van der Waals surface area contributed by atoms with E-state index >= 15 is 0 Å². The second kappa shape index (κ2) is 8.24. The van der Waals surface area contributed by atoms with E-state index in [1.807, 2.05) is 0 Å². The van der Waals surface area contributed by atoms with Crippen molar-refractivity contribution in [2.45, 2.75) is 33.7 Å². The number of carbonyl (C=O) groups excluding carboxylic acids is 4. The second-order valence-corrected chi connectivity index (χ2v) is 5.38. The largest absolute Gasteiger partial charge is 0.493 e. The molecule has 7 nitrogen and oxygen atoms in total. The number of nitrogens with one attached hydrogen (secondary N) is 1. The van der Waals surface area contributed by atoms with Crippen molar-refractivity contribution in [1.82, 2.24) is 5.32 Å². The zero-order chi connectivity index (χ0) is 18.4. The lowest BCUT2D eigenvalue weighted by Gasteiger charge is -2.25. The minimum absolute atomic E-state index is 0.206. The minimum Gasteiger partial charge on any atom is -0.493 e. The van der Waals surface area contributed by atoms with Crippen molar-refractivity contribution in [3.8, 4) is 11.5 Å². The van der Waals surface area contributed by atoms with Gasteiger partial charge in [-0.05, 0) is 31.5 Å². The summed E-state index contributed by atoms with van der Waals surface area (Å²) in [4.78, 5) is 46.4. The van der Waals surface area contributed by atoms with Gasteiger partial charge < -0.3 is 14.8 Å². The summed E-state index contributed by atoms with van der Waals surface area (Å²) in [7, 11) is 1.40. The molecule has 0 fully saturated rings. The number of rotatable bonds is 7. The Balaban J connectivity index is 3.37. The monoisotopic (exact) mass is 335 g/mol. The van der Waals surface area contributed by atoms with Gasteiger partial charge in [0.1, 0.15) is 17.5 Å². The van der Waals surface area contributed by atoms with E-state index in [0.29, 0.717) is 5.56 Å². The first kappa shape index (κ1) is 19.3. The molecule has 1 rings (SSSR count). The van der Waals surface area contributed by atoms with Crippen molar-refractivity contribution in [1.29, 1.82) is 0 Å². The molecular formula is C17H21NO6. The van der Waals surface area contributed by atoms with Crippen molar-refractivity contribution < 1.29 is 28.7 Å². The summed E-state index contributed by atoms with van der Waals surface area (Å²) in [6.07, 6.45) is 0. The summed E-state index contributed by atoms with van der Waals surface area (Å²) < 4.78 is 10.2. The molecule has 0 heterocycles. The number of methoxy groups -OCH3 is 1. The van der Waals surface area contributed by atoms with Crippen molar-refractivity contribution in [3.63, 3.8) is 0 Å². The third-order valence-electron chi connectivity index (χ3n) is 3.37. The number of benzene rings is 1. The van der Waals surface area contributed by atoms with Gasteiger partial charge in [-0.1, -0.05) is 6.07 Å². The molecule has 1 N–H and O–H groups in total. The predicted molar refractivity (Wildman–Crippen MR) is 85.7 cm³/mol. The summed E-state index contributed by atoms with van der Waals surface area (Å²) in [5.41, 5.74) is 0.494. The van der Waals surface area contributed by atoms with Gasteiger partial charge in [-0.15, -0.1) is 0 Å². The highest BCUT2D eigenvalue weighted by Crippen LogP contribution is 2.33. The van der Waals surface area contributed by atoms with Crippen LogP contribution in [0.4, 0.5) is 0 Å². The average Bonchev–Trinajstić information content (AvgIpc) is 2.45. The molecule has 7 heteroatoms. The molecule has 0 saturated heterocycles. The lowest BCUT2D eigenvalue weighted by atomic mass is 9.87. The number of esters is 1. The summed E-state index contributed by atoms with van der Waals surface area (Å²) in [5.74, 6) is -2.16. The maximum Gasteiger partial charge on any atom is 0.308 e. The SMILES string of the molecule is COc1cc([C@H](NC(C)=O)C(C(C)=O)C(C)=O)ccc1OC(C)=O. The van der Waals surface area contributed by atoms with Crippen LogP contribution in [0.1, 0.15) is 39.3 Å². The fraction of sp³-hybridized carbons (Fsp3) is 0.412. The summed E-state index contributed by atoms with van der Waals surface area (Å²) in [6.45, 7) is 5.15. The average molecular weight is 335 g/mol. The molecule has 0 radical (unpaired) electrons. The Morgan fingerprint density at radius 3 is 1.96 bits per heavy atom. The summed E-state index contributed by atoms with van der Waals surface area (Å²) in [5, 5.41) is 2.63. The van der Waals surface area contributed by atoms with Crippen LogP contribution < -0.4 is 14.8 Å². The van der Waals surface area contributed by atoms with Gasteiger partial charge in [0.2, 0.25) is 5.91 Å². The van der Waals surface area contributed by atoms with E-state index in [0.717, 1.165) is 0 Å². The van der Waals surface area contributed by atoms with E-state index in [2.05, 4.69) is 5.32 Å². The topological polar surface area (TPSA) is 98.8 Å². The van der Waals surface area contributed by atoms with Crippen LogP contribution >= 0.6 is 0 Å². The number of hydrogen-bond donors (Lipinski definition) is 1. The molecule has 0 aliphatic carbocycles. The van der Waals surface area contributed by atoms with E-state index in [9.17, 15) is 19.2 Å². The van der Waals surface area contributed by atoms with Gasteiger partial charge in [0, 0.05) is 13.8 Å². The normalized spacial score (nSPS) is 11.6. The van der Waals surface area contributed by atoms with Crippen LogP contribution in [0.25, 0.3) is 0 Å². The molecule has 1 amide bonds. The van der Waals surface area contributed by atoms with Gasteiger partial charge in [-0.2, -0.15) is 0 Å². The van der Waals surface area contributed by atoms with E-state index in [-0.39, 0.29) is 29.0 Å². The Bertz CT molecular complexity index is 653. The molecular weight excluding hydrogens is 314 g/mol. The van der Waals surface area contributed by atoms with Gasteiger partial charge in [0.05, 0.1) is 13.2 Å². The molecule has 0 spiro atoms. The third kappa shape index (κ3) is 4.91. The Morgan fingerprint density at radius 1 is 0.958 bits per heavy atom. The first-order valence-electron chi connectivity index (χ1n) is 7.31. The lowest BCUT2D eigenvalue weighted by Crippen LogP contribution is -2.38. The maximum atomic E-state index is 11.9. The van der Waals surface area contributed by atoms with Gasteiger partial charge in [-0.25, -0.2) is 0 Å². The summed E-state index contributed by atoms with van der Waals surface area (Å²) in [6, 6.07) is 3.75. The first-order chi connectivity index (χ1) is 11.2. The number of amides is 1. The van der Waals surface area contributed by atoms with Gasteiger partial charge >= 0.3 is 5.97 Å². The minimum atomic E-state index is -1.02. The highest BCUT2D eigenvalue weighted by molar-refractivity contribution is 6.01. The number of Topliss-reactive ketones (excluding diaryl/α,β-unsaturated/α-hetero) is 2. The molecule has 0 aliphatic rings. The Morgan fingerprint density at radius 2 is 1.54 bits per heavy atom. The van der Waals surface area contributed by atoms with Crippen molar-refractivity contribution >= 4 is 23.4 Å². The molecule has 0 saturated carbocycles. The molecule has 0 unspecified atom stereocenters. The molecule has 1 aromatic rings. The molecule has 130 valence electrons. The van der Waals surface area contributed by atoms with E-state index in [1.165, 1.54) is 46.9 Å². The van der Waals surface area contributed by atoms with Crippen LogP contribution in [-0.2, 0) is 19.2 Å². The van der Waals surface area contributed by atoms with Crippen LogP contribution in [0.2, 0.25) is 0 Å². The van der Waals surface area contributed by atoms with E-state index in [1.54, 1.807) is 6.07 Å². The van der Waals surface area contributed by atoms with Gasteiger partial charge in [-0.3, -0.25) is 19.2 Å². The highest BCUT2D eigenvalue weighted by Gasteiger charge is 2.32. The number of hydrogen-bond acceptors (Lipinski definition) is 6. The van der Waals surface area contributed by atoms with Crippen molar-refractivity contribution in [2.75, 3.05) is 7.11 Å². The summed E-state index contributed by atoms with van der Waals surface area (Å²) >= 11 is 0. The van der Waals surface area contributed by atoms with Crippen LogP contribution in [0.15, 0.2) is 18.2 Å². The maximum absolute atomic E-state index is 11.9. The zero-order valence-corrected chi connectivity index (χ0v) is 14.3. The van der Waals surface area contributed by atoms with Crippen LogP contribution in [0, 0.1) is 5.92 Å². The molecule has 1 atom stereocenters.